The molecule has 3 rings (SSSR count). The zero-order valence-corrected chi connectivity index (χ0v) is 21.8. The van der Waals surface area contributed by atoms with Crippen molar-refractivity contribution in [2.75, 3.05) is 13.1 Å². The van der Waals surface area contributed by atoms with Crippen molar-refractivity contribution in [3.05, 3.63) is 34.2 Å². The molecule has 2 aromatic rings. The Hall–Kier alpha value is -1.43. The number of aromatic nitrogens is 1. The second-order valence-electron chi connectivity index (χ2n) is 10.1. The van der Waals surface area contributed by atoms with Crippen LogP contribution in [-0.2, 0) is 16.1 Å². The lowest BCUT2D eigenvalue weighted by Gasteiger charge is -2.40. The first-order valence-corrected chi connectivity index (χ1v) is 12.5. The van der Waals surface area contributed by atoms with Gasteiger partial charge >= 0.3 is 6.09 Å². The molecule has 1 aliphatic heterocycles. The Bertz CT molecular complexity index is 1030. The second-order valence-corrected chi connectivity index (χ2v) is 13.0. The Morgan fingerprint density at radius 2 is 1.85 bits per heavy atom. The van der Waals surface area contributed by atoms with E-state index in [2.05, 4.69) is 20.7 Å². The third kappa shape index (κ3) is 5.80. The fraction of sp³-hybridized carbons (Fsp3) is 0.591. The van der Waals surface area contributed by atoms with Crippen LogP contribution in [0.25, 0.3) is 10.9 Å². The number of amides is 1. The number of hydrogen-bond acceptors (Lipinski definition) is 4. The summed E-state index contributed by atoms with van der Waals surface area (Å²) in [6.07, 6.45) is -1.78. The van der Waals surface area contributed by atoms with Crippen molar-refractivity contribution in [2.24, 2.45) is 0 Å². The van der Waals surface area contributed by atoms with Crippen LogP contribution in [0.15, 0.2) is 22.8 Å². The first-order chi connectivity index (χ1) is 15.1. The molecule has 2 unspecified atom stereocenters. The minimum atomic E-state index is -2.87. The van der Waals surface area contributed by atoms with E-state index in [1.165, 1.54) is 23.2 Å². The molecule has 6 nitrogen and oxygen atoms in total. The van der Waals surface area contributed by atoms with E-state index < -0.39 is 46.1 Å². The van der Waals surface area contributed by atoms with E-state index in [1.54, 1.807) is 46.1 Å². The fourth-order valence-electron chi connectivity index (χ4n) is 3.47. The van der Waals surface area contributed by atoms with Crippen LogP contribution in [-0.4, -0.2) is 50.0 Å². The fourth-order valence-corrected chi connectivity index (χ4v) is 4.61. The summed E-state index contributed by atoms with van der Waals surface area (Å²) in [5.41, 5.74) is 0.0670. The average Bonchev–Trinajstić information content (AvgIpc) is 2.94. The molecule has 0 saturated carbocycles. The molecule has 1 aromatic heterocycles. The molecule has 2 heterocycles. The molecule has 1 aliphatic rings. The number of fused-ring (bicyclic) bond motifs is 1. The summed E-state index contributed by atoms with van der Waals surface area (Å²) in [7, 11) is 0. The number of likely N-dealkylation sites (tertiary alicyclic amines) is 1. The van der Waals surface area contributed by atoms with Gasteiger partial charge in [-0.1, -0.05) is 0 Å². The standard InChI is InChI=1S/C22H29BrF3N3O3S/c1-21(2,3)32-20(30)28-9-12(10-28)29-11-14(13-7-16(24)15(23)8-17(13)29)18(19(25)26)27-33(31)22(4,5)6/h7-8,11-12,18-19,27H,9-10H2,1-6H3. The number of nitrogens with zero attached hydrogens (tertiary/aromatic N) is 2. The van der Waals surface area contributed by atoms with Gasteiger partial charge in [0.2, 0.25) is 0 Å². The normalized spacial score (nSPS) is 17.4. The van der Waals surface area contributed by atoms with E-state index in [0.717, 1.165) is 0 Å². The smallest absolute Gasteiger partial charge is 0.410 e. The summed E-state index contributed by atoms with van der Waals surface area (Å²) in [4.78, 5) is 13.8. The van der Waals surface area contributed by atoms with E-state index in [-0.39, 0.29) is 16.1 Å². The first-order valence-electron chi connectivity index (χ1n) is 10.5. The molecule has 0 spiro atoms. The van der Waals surface area contributed by atoms with Crippen molar-refractivity contribution in [1.82, 2.24) is 14.2 Å². The lowest BCUT2D eigenvalue weighted by molar-refractivity contribution is 0.00155. The van der Waals surface area contributed by atoms with Crippen LogP contribution >= 0.6 is 15.9 Å². The zero-order valence-electron chi connectivity index (χ0n) is 19.4. The number of halogens is 4. The highest BCUT2D eigenvalue weighted by Gasteiger charge is 2.39. The van der Waals surface area contributed by atoms with Crippen LogP contribution in [0, 0.1) is 5.82 Å². The van der Waals surface area contributed by atoms with Gasteiger partial charge in [0, 0.05) is 41.6 Å². The van der Waals surface area contributed by atoms with E-state index in [1.807, 2.05) is 0 Å². The molecule has 0 aliphatic carbocycles. The molecular weight excluding hydrogens is 523 g/mol. The van der Waals surface area contributed by atoms with Crippen molar-refractivity contribution in [3.63, 3.8) is 0 Å². The van der Waals surface area contributed by atoms with Gasteiger partial charge < -0.3 is 18.8 Å². The molecule has 1 aromatic carbocycles. The summed E-state index contributed by atoms with van der Waals surface area (Å²) >= 11 is 1.40. The van der Waals surface area contributed by atoms with Gasteiger partial charge in [0.05, 0.1) is 16.0 Å². The Balaban J connectivity index is 1.96. The third-order valence-corrected chi connectivity index (χ3v) is 7.38. The van der Waals surface area contributed by atoms with Gasteiger partial charge in [0.15, 0.2) is 0 Å². The van der Waals surface area contributed by atoms with Crippen LogP contribution in [0.1, 0.15) is 59.2 Å². The van der Waals surface area contributed by atoms with Crippen LogP contribution in [0.2, 0.25) is 0 Å². The molecule has 33 heavy (non-hydrogen) atoms. The Labute approximate surface area is 203 Å². The molecule has 1 N–H and O–H groups in total. The SMILES string of the molecule is CC(C)(C)OC(=O)N1CC(n2cc(C(N[S+]([O-])C(C)(C)C)C(F)F)c3cc(F)c(Br)cc32)C1. The lowest BCUT2D eigenvalue weighted by Crippen LogP contribution is -2.52. The van der Waals surface area contributed by atoms with E-state index in [9.17, 15) is 22.5 Å². The monoisotopic (exact) mass is 551 g/mol. The van der Waals surface area contributed by atoms with Gasteiger partial charge in [-0.2, -0.15) is 0 Å². The molecular formula is C22H29BrF3N3O3S. The molecule has 11 heteroatoms. The number of benzene rings is 1. The maximum Gasteiger partial charge on any atom is 0.410 e. The van der Waals surface area contributed by atoms with Gasteiger partial charge in [-0.3, -0.25) is 0 Å². The highest BCUT2D eigenvalue weighted by molar-refractivity contribution is 9.10. The highest BCUT2D eigenvalue weighted by Crippen LogP contribution is 2.37. The minimum Gasteiger partial charge on any atom is -0.598 e. The second kappa shape index (κ2) is 9.31. The maximum absolute atomic E-state index is 14.4. The summed E-state index contributed by atoms with van der Waals surface area (Å²) in [6, 6.07) is 0.981. The number of ether oxygens (including phenoxy) is 1. The largest absolute Gasteiger partial charge is 0.598 e. The van der Waals surface area contributed by atoms with Crippen LogP contribution in [0.4, 0.5) is 18.0 Å². The van der Waals surface area contributed by atoms with Crippen molar-refractivity contribution >= 4 is 44.3 Å². The van der Waals surface area contributed by atoms with Gasteiger partial charge in [0.1, 0.15) is 22.2 Å². The summed E-state index contributed by atoms with van der Waals surface area (Å²) < 4.78 is 64.3. The van der Waals surface area contributed by atoms with E-state index in [0.29, 0.717) is 24.0 Å². The van der Waals surface area contributed by atoms with Crippen LogP contribution in [0.3, 0.4) is 0 Å². The Kier molecular flexibility index (Phi) is 7.39. The number of carbonyl (C=O) groups excluding carboxylic acids is 1. The molecule has 184 valence electrons. The summed E-state index contributed by atoms with van der Waals surface area (Å²) in [6.45, 7) is 11.0. The van der Waals surface area contributed by atoms with Crippen molar-refractivity contribution in [2.45, 2.75) is 70.4 Å². The maximum atomic E-state index is 14.4. The minimum absolute atomic E-state index is 0.153. The third-order valence-electron chi connectivity index (χ3n) is 5.19. The number of nitrogens with one attached hydrogen (secondary N) is 1. The zero-order chi connectivity index (χ0) is 24.9. The highest BCUT2D eigenvalue weighted by atomic mass is 79.9. The molecule has 0 bridgehead atoms. The number of alkyl halides is 2. The van der Waals surface area contributed by atoms with Crippen LogP contribution < -0.4 is 4.72 Å². The summed E-state index contributed by atoms with van der Waals surface area (Å²) in [5, 5.41) is 0.301. The quantitative estimate of drug-likeness (QED) is 0.484. The number of hydrogen-bond donors (Lipinski definition) is 1. The number of rotatable bonds is 5. The van der Waals surface area contributed by atoms with Gasteiger partial charge in [-0.05, 0) is 69.6 Å². The summed E-state index contributed by atoms with van der Waals surface area (Å²) in [5.74, 6) is -0.588. The predicted molar refractivity (Wildman–Crippen MR) is 126 cm³/mol. The van der Waals surface area contributed by atoms with Gasteiger partial charge in [-0.15, -0.1) is 4.72 Å². The van der Waals surface area contributed by atoms with Crippen molar-refractivity contribution in [1.29, 1.82) is 0 Å². The molecule has 1 saturated heterocycles. The molecule has 2 atom stereocenters. The van der Waals surface area contributed by atoms with Crippen LogP contribution in [0.5, 0.6) is 0 Å². The average molecular weight is 552 g/mol. The Morgan fingerprint density at radius 1 is 1.24 bits per heavy atom. The van der Waals surface area contributed by atoms with E-state index >= 15 is 0 Å². The van der Waals surface area contributed by atoms with Gasteiger partial charge in [-0.25, -0.2) is 18.0 Å². The molecule has 0 radical (unpaired) electrons. The lowest BCUT2D eigenvalue weighted by atomic mass is 10.1. The Morgan fingerprint density at radius 3 is 2.36 bits per heavy atom. The van der Waals surface area contributed by atoms with Crippen molar-refractivity contribution < 1.29 is 27.3 Å². The molecule has 1 amide bonds. The van der Waals surface area contributed by atoms with Gasteiger partial charge in [0.25, 0.3) is 6.43 Å². The number of carbonyl (C=O) groups is 1. The first kappa shape index (κ1) is 26.2. The van der Waals surface area contributed by atoms with E-state index in [4.69, 9.17) is 4.74 Å². The predicted octanol–water partition coefficient (Wildman–Crippen LogP) is 5.69. The molecule has 1 fully saturated rings. The van der Waals surface area contributed by atoms with Crippen molar-refractivity contribution in [3.8, 4) is 0 Å². The topological polar surface area (TPSA) is 69.6 Å².